The molecule has 0 fully saturated rings. The van der Waals surface area contributed by atoms with Gasteiger partial charge in [-0.05, 0) is 24.6 Å². The van der Waals surface area contributed by atoms with E-state index in [1.165, 1.54) is 22.8 Å². The molecule has 0 aliphatic rings. The highest BCUT2D eigenvalue weighted by molar-refractivity contribution is 5.76. The second-order valence-electron chi connectivity index (χ2n) is 5.32. The molecule has 0 aliphatic heterocycles. The summed E-state index contributed by atoms with van der Waals surface area (Å²) in [4.78, 5) is 33.9. The smallest absolute Gasteiger partial charge is 0.419 e. The van der Waals surface area contributed by atoms with E-state index in [4.69, 9.17) is 9.15 Å². The van der Waals surface area contributed by atoms with E-state index in [0.717, 1.165) is 0 Å². The van der Waals surface area contributed by atoms with Gasteiger partial charge >= 0.3 is 11.7 Å². The molecule has 3 rings (SSSR count). The van der Waals surface area contributed by atoms with Crippen molar-refractivity contribution in [1.29, 1.82) is 0 Å². The number of hydrogen-bond acceptors (Lipinski definition) is 6. The fourth-order valence-corrected chi connectivity index (χ4v) is 2.43. The van der Waals surface area contributed by atoms with Crippen molar-refractivity contribution in [3.05, 3.63) is 69.2 Å². The molecule has 0 bridgehead atoms. The number of non-ortho nitro benzene ring substituents is 1. The lowest BCUT2D eigenvalue weighted by Crippen LogP contribution is -2.16. The number of benzene rings is 2. The van der Waals surface area contributed by atoms with Crippen LogP contribution in [0.15, 0.2) is 57.7 Å². The highest BCUT2D eigenvalue weighted by atomic mass is 16.6. The van der Waals surface area contributed by atoms with Gasteiger partial charge < -0.3 is 9.15 Å². The summed E-state index contributed by atoms with van der Waals surface area (Å²) in [6, 6.07) is 12.7. The van der Waals surface area contributed by atoms with E-state index in [9.17, 15) is 19.7 Å². The molecular weight excluding hydrogens is 328 g/mol. The monoisotopic (exact) mass is 342 g/mol. The summed E-state index contributed by atoms with van der Waals surface area (Å²) in [5.74, 6) is -0.555. The third-order valence-electron chi connectivity index (χ3n) is 3.60. The minimum Gasteiger partial charge on any atom is -0.427 e. The lowest BCUT2D eigenvalue weighted by atomic mass is 10.2. The van der Waals surface area contributed by atoms with Crippen molar-refractivity contribution in [3.8, 4) is 5.75 Å². The Morgan fingerprint density at radius 3 is 2.68 bits per heavy atom. The lowest BCUT2D eigenvalue weighted by Gasteiger charge is -2.04. The summed E-state index contributed by atoms with van der Waals surface area (Å²) in [6.45, 7) is 0.244. The van der Waals surface area contributed by atoms with Crippen LogP contribution in [0.25, 0.3) is 11.1 Å². The first-order valence-corrected chi connectivity index (χ1v) is 7.58. The number of carbonyl (C=O) groups is 1. The van der Waals surface area contributed by atoms with E-state index in [2.05, 4.69) is 0 Å². The van der Waals surface area contributed by atoms with Gasteiger partial charge in [0.1, 0.15) is 5.75 Å². The van der Waals surface area contributed by atoms with Crippen LogP contribution in [0.5, 0.6) is 5.75 Å². The fraction of sp³-hybridized carbons (Fsp3) is 0.176. The Balaban J connectivity index is 1.65. The Kier molecular flexibility index (Phi) is 4.60. The van der Waals surface area contributed by atoms with E-state index >= 15 is 0 Å². The van der Waals surface area contributed by atoms with Crippen molar-refractivity contribution in [1.82, 2.24) is 4.57 Å². The van der Waals surface area contributed by atoms with E-state index in [1.807, 2.05) is 6.07 Å². The highest BCUT2D eigenvalue weighted by Gasteiger charge is 2.14. The van der Waals surface area contributed by atoms with Crippen LogP contribution in [-0.4, -0.2) is 15.5 Å². The zero-order valence-electron chi connectivity index (χ0n) is 13.1. The second kappa shape index (κ2) is 7.00. The maximum Gasteiger partial charge on any atom is 0.419 e. The van der Waals surface area contributed by atoms with Gasteiger partial charge in [0.25, 0.3) is 5.69 Å². The molecule has 0 spiro atoms. The second-order valence-corrected chi connectivity index (χ2v) is 5.32. The minimum absolute atomic E-state index is 0.126. The first kappa shape index (κ1) is 16.4. The molecule has 8 nitrogen and oxygen atoms in total. The van der Waals surface area contributed by atoms with E-state index in [-0.39, 0.29) is 24.2 Å². The number of para-hydroxylation sites is 1. The van der Waals surface area contributed by atoms with Gasteiger partial charge in [-0.1, -0.05) is 18.2 Å². The molecule has 2 aromatic carbocycles. The summed E-state index contributed by atoms with van der Waals surface area (Å²) in [5.41, 5.74) is 0.443. The predicted molar refractivity (Wildman–Crippen MR) is 88.4 cm³/mol. The molecule has 0 unspecified atom stereocenters. The molecule has 128 valence electrons. The Morgan fingerprint density at radius 2 is 1.96 bits per heavy atom. The molecule has 0 N–H and O–H groups in total. The number of ether oxygens (including phenoxy) is 1. The third kappa shape index (κ3) is 3.74. The minimum atomic E-state index is -0.619. The zero-order chi connectivity index (χ0) is 17.8. The van der Waals surface area contributed by atoms with Gasteiger partial charge in [0.15, 0.2) is 5.58 Å². The number of esters is 1. The van der Waals surface area contributed by atoms with Gasteiger partial charge in [0.2, 0.25) is 0 Å². The molecule has 3 aromatic rings. The van der Waals surface area contributed by atoms with Crippen molar-refractivity contribution >= 4 is 22.8 Å². The number of aromatic nitrogens is 1. The maximum atomic E-state index is 11.9. The Labute approximate surface area is 141 Å². The largest absolute Gasteiger partial charge is 0.427 e. The fourth-order valence-electron chi connectivity index (χ4n) is 2.43. The predicted octanol–water partition coefficient (Wildman–Crippen LogP) is 2.89. The molecule has 25 heavy (non-hydrogen) atoms. The lowest BCUT2D eigenvalue weighted by molar-refractivity contribution is -0.384. The topological polar surface area (TPSA) is 105 Å². The number of hydrogen-bond donors (Lipinski definition) is 0. The number of oxazole rings is 1. The first-order valence-electron chi connectivity index (χ1n) is 7.58. The van der Waals surface area contributed by atoms with Crippen molar-refractivity contribution in [2.75, 3.05) is 0 Å². The number of nitrogens with zero attached hydrogens (tertiary/aromatic N) is 2. The maximum absolute atomic E-state index is 11.9. The standard InChI is InChI=1S/C17H14N2O6/c20-16(24-13-5-2-1-3-6-13)7-4-10-18-14-9-8-12(19(22)23)11-15(14)25-17(18)21/h1-3,5-6,8-9,11H,4,7,10H2. The zero-order valence-corrected chi connectivity index (χ0v) is 13.1. The summed E-state index contributed by atoms with van der Waals surface area (Å²) in [7, 11) is 0. The van der Waals surface area contributed by atoms with E-state index in [1.54, 1.807) is 24.3 Å². The Hall–Kier alpha value is -3.42. The first-order chi connectivity index (χ1) is 12.0. The molecule has 1 heterocycles. The van der Waals surface area contributed by atoms with Crippen molar-refractivity contribution in [3.63, 3.8) is 0 Å². The van der Waals surface area contributed by atoms with Gasteiger partial charge in [0, 0.05) is 19.0 Å². The number of carbonyl (C=O) groups excluding carboxylic acids is 1. The number of rotatable bonds is 6. The number of fused-ring (bicyclic) bond motifs is 1. The van der Waals surface area contributed by atoms with Gasteiger partial charge in [-0.25, -0.2) is 4.79 Å². The average molecular weight is 342 g/mol. The van der Waals surface area contributed by atoms with Crippen molar-refractivity contribution in [2.24, 2.45) is 0 Å². The summed E-state index contributed by atoms with van der Waals surface area (Å²) >= 11 is 0. The Morgan fingerprint density at radius 1 is 1.20 bits per heavy atom. The van der Waals surface area contributed by atoms with Crippen LogP contribution in [-0.2, 0) is 11.3 Å². The summed E-state index contributed by atoms with van der Waals surface area (Å²) in [5, 5.41) is 10.8. The van der Waals surface area contributed by atoms with Crippen LogP contribution in [0.2, 0.25) is 0 Å². The normalized spacial score (nSPS) is 10.7. The van der Waals surface area contributed by atoms with Crippen molar-refractivity contribution < 1.29 is 18.9 Å². The quantitative estimate of drug-likeness (QED) is 0.295. The van der Waals surface area contributed by atoms with Crippen LogP contribution >= 0.6 is 0 Å². The third-order valence-corrected chi connectivity index (χ3v) is 3.60. The van der Waals surface area contributed by atoms with Crippen LogP contribution in [0.1, 0.15) is 12.8 Å². The summed E-state index contributed by atoms with van der Waals surface area (Å²) < 4.78 is 11.5. The van der Waals surface area contributed by atoms with Crippen LogP contribution in [0.4, 0.5) is 5.69 Å². The SMILES string of the molecule is O=C(CCCn1c(=O)oc2cc([N+](=O)[O-])ccc21)Oc1ccccc1. The molecule has 0 saturated heterocycles. The van der Waals surface area contributed by atoms with Gasteiger partial charge in [0.05, 0.1) is 16.5 Å². The average Bonchev–Trinajstić information content (AvgIpc) is 2.90. The Bertz CT molecular complexity index is 974. The summed E-state index contributed by atoms with van der Waals surface area (Å²) in [6.07, 6.45) is 0.498. The van der Waals surface area contributed by atoms with Gasteiger partial charge in [-0.3, -0.25) is 19.5 Å². The molecule has 0 atom stereocenters. The highest BCUT2D eigenvalue weighted by Crippen LogP contribution is 2.20. The van der Waals surface area contributed by atoms with E-state index < -0.39 is 16.6 Å². The number of nitro benzene ring substituents is 1. The molecule has 0 amide bonds. The van der Waals surface area contributed by atoms with E-state index in [0.29, 0.717) is 17.7 Å². The molecular formula is C17H14N2O6. The van der Waals surface area contributed by atoms with Crippen LogP contribution in [0.3, 0.4) is 0 Å². The van der Waals surface area contributed by atoms with Gasteiger partial charge in [-0.2, -0.15) is 0 Å². The molecule has 0 radical (unpaired) electrons. The van der Waals surface area contributed by atoms with Gasteiger partial charge in [-0.15, -0.1) is 0 Å². The van der Waals surface area contributed by atoms with Crippen LogP contribution in [0, 0.1) is 10.1 Å². The number of nitro groups is 1. The van der Waals surface area contributed by atoms with Crippen molar-refractivity contribution in [2.45, 2.75) is 19.4 Å². The molecule has 0 saturated carbocycles. The number of aryl methyl sites for hydroxylation is 1. The molecule has 1 aromatic heterocycles. The molecule has 0 aliphatic carbocycles. The van der Waals surface area contributed by atoms with Crippen LogP contribution < -0.4 is 10.5 Å². The molecule has 8 heteroatoms.